The van der Waals surface area contributed by atoms with Crippen molar-refractivity contribution in [1.82, 2.24) is 20.2 Å². The molecule has 0 unspecified atom stereocenters. The molecule has 6 nitrogen and oxygen atoms in total. The molecule has 1 aliphatic heterocycles. The molecular weight excluding hydrogens is 316 g/mol. The number of nitrogens with one attached hydrogen (secondary N) is 1. The van der Waals surface area contributed by atoms with Crippen LogP contribution in [0.3, 0.4) is 0 Å². The second-order valence-electron chi connectivity index (χ2n) is 6.38. The van der Waals surface area contributed by atoms with Crippen LogP contribution in [0, 0.1) is 6.92 Å². The van der Waals surface area contributed by atoms with Crippen LogP contribution in [-0.4, -0.2) is 45.8 Å². The Balaban J connectivity index is 1.47. The molecule has 2 aromatic rings. The van der Waals surface area contributed by atoms with Gasteiger partial charge in [0.15, 0.2) is 0 Å². The average Bonchev–Trinajstić information content (AvgIpc) is 2.65. The van der Waals surface area contributed by atoms with E-state index in [1.165, 1.54) is 24.2 Å². The summed E-state index contributed by atoms with van der Waals surface area (Å²) in [5.41, 5.74) is 2.55. The quantitative estimate of drug-likeness (QED) is 0.921. The van der Waals surface area contributed by atoms with Gasteiger partial charge < -0.3 is 10.2 Å². The van der Waals surface area contributed by atoms with Gasteiger partial charge in [-0.3, -0.25) is 14.6 Å². The van der Waals surface area contributed by atoms with E-state index < -0.39 is 0 Å². The molecule has 6 heteroatoms. The van der Waals surface area contributed by atoms with Crippen LogP contribution in [-0.2, 0) is 11.2 Å². The first-order valence-corrected chi connectivity index (χ1v) is 8.52. The van der Waals surface area contributed by atoms with Crippen molar-refractivity contribution in [1.29, 1.82) is 0 Å². The zero-order valence-electron chi connectivity index (χ0n) is 14.3. The normalized spacial score (nSPS) is 15.0. The number of hydrogen-bond donors (Lipinski definition) is 1. The Morgan fingerprint density at radius 2 is 1.88 bits per heavy atom. The maximum absolute atomic E-state index is 12.4. The monoisotopic (exact) mass is 338 g/mol. The van der Waals surface area contributed by atoms with Crippen molar-refractivity contribution in [2.45, 2.75) is 32.2 Å². The number of aromatic nitrogens is 2. The van der Waals surface area contributed by atoms with Crippen LogP contribution >= 0.6 is 0 Å². The Morgan fingerprint density at radius 1 is 1.16 bits per heavy atom. The molecule has 1 saturated heterocycles. The van der Waals surface area contributed by atoms with Crippen LogP contribution in [0.25, 0.3) is 0 Å². The highest BCUT2D eigenvalue weighted by atomic mass is 16.2. The largest absolute Gasteiger partial charge is 0.348 e. The molecule has 0 bridgehead atoms. The fraction of sp³-hybridized carbons (Fsp3) is 0.368. The maximum Gasteiger partial charge on any atom is 0.271 e. The van der Waals surface area contributed by atoms with E-state index in [0.717, 1.165) is 18.4 Å². The Bertz CT molecular complexity index is 723. The number of amides is 2. The third-order valence-corrected chi connectivity index (χ3v) is 4.45. The number of carbonyl (C=O) groups excluding carboxylic acids is 2. The van der Waals surface area contributed by atoms with Crippen molar-refractivity contribution >= 4 is 11.8 Å². The molecule has 130 valence electrons. The zero-order valence-corrected chi connectivity index (χ0v) is 14.3. The Hall–Kier alpha value is -2.76. The molecule has 1 aromatic heterocycles. The minimum Gasteiger partial charge on any atom is -0.348 e. The number of nitrogens with zero attached hydrogens (tertiary/aromatic N) is 3. The molecule has 25 heavy (non-hydrogen) atoms. The molecule has 1 aromatic carbocycles. The highest BCUT2D eigenvalue weighted by molar-refractivity contribution is 5.92. The van der Waals surface area contributed by atoms with Crippen molar-refractivity contribution in [3.63, 3.8) is 0 Å². The van der Waals surface area contributed by atoms with Crippen LogP contribution in [0.1, 0.15) is 34.5 Å². The van der Waals surface area contributed by atoms with Crippen molar-refractivity contribution in [3.8, 4) is 0 Å². The van der Waals surface area contributed by atoms with Crippen LogP contribution < -0.4 is 5.32 Å². The molecule has 1 aliphatic rings. The first kappa shape index (κ1) is 17.1. The molecule has 0 spiro atoms. The Morgan fingerprint density at radius 3 is 2.52 bits per heavy atom. The highest BCUT2D eigenvalue weighted by Gasteiger charge is 2.24. The van der Waals surface area contributed by atoms with Crippen molar-refractivity contribution in [3.05, 3.63) is 59.7 Å². The summed E-state index contributed by atoms with van der Waals surface area (Å²) in [5.74, 6) is -0.0694. The van der Waals surface area contributed by atoms with Gasteiger partial charge in [0.1, 0.15) is 5.69 Å². The van der Waals surface area contributed by atoms with E-state index in [9.17, 15) is 9.59 Å². The lowest BCUT2D eigenvalue weighted by atomic mass is 10.0. The van der Waals surface area contributed by atoms with E-state index in [1.807, 2.05) is 36.1 Å². The topological polar surface area (TPSA) is 75.2 Å². The van der Waals surface area contributed by atoms with Crippen molar-refractivity contribution < 1.29 is 9.59 Å². The molecular formula is C19H22N4O2. The summed E-state index contributed by atoms with van der Waals surface area (Å²) in [5, 5.41) is 2.97. The number of hydrogen-bond acceptors (Lipinski definition) is 4. The molecule has 0 aliphatic carbocycles. The van der Waals surface area contributed by atoms with Gasteiger partial charge in [-0.2, -0.15) is 0 Å². The SMILES string of the molecule is Cc1ccc(CC(=O)N2CCC(NC(=O)c3cnccn3)CC2)cc1. The number of likely N-dealkylation sites (tertiary alicyclic amines) is 1. The lowest BCUT2D eigenvalue weighted by Crippen LogP contribution is -2.47. The van der Waals surface area contributed by atoms with Gasteiger partial charge in [-0.05, 0) is 25.3 Å². The second kappa shape index (κ2) is 7.88. The van der Waals surface area contributed by atoms with E-state index in [-0.39, 0.29) is 17.9 Å². The predicted octanol–water partition coefficient (Wildman–Crippen LogP) is 1.75. The number of carbonyl (C=O) groups is 2. The van der Waals surface area contributed by atoms with Gasteiger partial charge in [0.2, 0.25) is 5.91 Å². The summed E-state index contributed by atoms with van der Waals surface area (Å²) in [7, 11) is 0. The third-order valence-electron chi connectivity index (χ3n) is 4.45. The van der Waals surface area contributed by atoms with Gasteiger partial charge in [0.25, 0.3) is 5.91 Å². The summed E-state index contributed by atoms with van der Waals surface area (Å²) in [4.78, 5) is 34.3. The van der Waals surface area contributed by atoms with E-state index in [0.29, 0.717) is 25.2 Å². The summed E-state index contributed by atoms with van der Waals surface area (Å²) >= 11 is 0. The summed E-state index contributed by atoms with van der Waals surface area (Å²) in [6.07, 6.45) is 6.43. The van der Waals surface area contributed by atoms with Gasteiger partial charge in [-0.1, -0.05) is 29.8 Å². The van der Waals surface area contributed by atoms with Crippen molar-refractivity contribution in [2.75, 3.05) is 13.1 Å². The van der Waals surface area contributed by atoms with Crippen LogP contribution in [0.4, 0.5) is 0 Å². The second-order valence-corrected chi connectivity index (χ2v) is 6.38. The summed E-state index contributed by atoms with van der Waals surface area (Å²) < 4.78 is 0. The van der Waals surface area contributed by atoms with Crippen molar-refractivity contribution in [2.24, 2.45) is 0 Å². The molecule has 0 saturated carbocycles. The summed E-state index contributed by atoms with van der Waals surface area (Å²) in [6.45, 7) is 3.36. The number of piperidine rings is 1. The van der Waals surface area contributed by atoms with Gasteiger partial charge in [0.05, 0.1) is 12.6 Å². The van der Waals surface area contributed by atoms with Crippen LogP contribution in [0.5, 0.6) is 0 Å². The minimum absolute atomic E-state index is 0.0675. The molecule has 0 atom stereocenters. The zero-order chi connectivity index (χ0) is 17.6. The number of aryl methyl sites for hydroxylation is 1. The lowest BCUT2D eigenvalue weighted by Gasteiger charge is -2.32. The van der Waals surface area contributed by atoms with Crippen LogP contribution in [0.15, 0.2) is 42.9 Å². The van der Waals surface area contributed by atoms with E-state index in [2.05, 4.69) is 15.3 Å². The average molecular weight is 338 g/mol. The molecule has 1 N–H and O–H groups in total. The third kappa shape index (κ3) is 4.62. The smallest absolute Gasteiger partial charge is 0.271 e. The molecule has 0 radical (unpaired) electrons. The Labute approximate surface area is 147 Å². The first-order chi connectivity index (χ1) is 12.1. The molecule has 3 rings (SSSR count). The van der Waals surface area contributed by atoms with Gasteiger partial charge in [-0.15, -0.1) is 0 Å². The number of benzene rings is 1. The van der Waals surface area contributed by atoms with E-state index >= 15 is 0 Å². The number of rotatable bonds is 4. The molecule has 2 heterocycles. The fourth-order valence-corrected chi connectivity index (χ4v) is 2.94. The van der Waals surface area contributed by atoms with E-state index in [1.54, 1.807) is 0 Å². The Kier molecular flexibility index (Phi) is 5.38. The molecule has 2 amide bonds. The van der Waals surface area contributed by atoms with E-state index in [4.69, 9.17) is 0 Å². The first-order valence-electron chi connectivity index (χ1n) is 8.52. The summed E-state index contributed by atoms with van der Waals surface area (Å²) in [6, 6.07) is 8.12. The maximum atomic E-state index is 12.4. The predicted molar refractivity (Wildman–Crippen MR) is 94.0 cm³/mol. The van der Waals surface area contributed by atoms with Gasteiger partial charge >= 0.3 is 0 Å². The van der Waals surface area contributed by atoms with Gasteiger partial charge in [0, 0.05) is 31.5 Å². The lowest BCUT2D eigenvalue weighted by molar-refractivity contribution is -0.131. The van der Waals surface area contributed by atoms with Crippen LogP contribution in [0.2, 0.25) is 0 Å². The van der Waals surface area contributed by atoms with Gasteiger partial charge in [-0.25, -0.2) is 4.98 Å². The molecule has 1 fully saturated rings. The highest BCUT2D eigenvalue weighted by Crippen LogP contribution is 2.13. The fourth-order valence-electron chi connectivity index (χ4n) is 2.94. The minimum atomic E-state index is -0.211. The standard InChI is InChI=1S/C19H22N4O2/c1-14-2-4-15(5-3-14)12-18(24)23-10-6-16(7-11-23)22-19(25)17-13-20-8-9-21-17/h2-5,8-9,13,16H,6-7,10-12H2,1H3,(H,22,25).